The van der Waals surface area contributed by atoms with Crippen LogP contribution in [0.5, 0.6) is 0 Å². The molecule has 4 heteroatoms. The predicted octanol–water partition coefficient (Wildman–Crippen LogP) is 4.20. The summed E-state index contributed by atoms with van der Waals surface area (Å²) >= 11 is 0. The largest absolute Gasteiger partial charge is 0.478 e. The molecule has 0 bridgehead atoms. The van der Waals surface area contributed by atoms with Crippen molar-refractivity contribution in [3.05, 3.63) is 34.9 Å². The van der Waals surface area contributed by atoms with Gasteiger partial charge in [-0.1, -0.05) is 39.7 Å². The van der Waals surface area contributed by atoms with E-state index >= 15 is 0 Å². The van der Waals surface area contributed by atoms with Crippen molar-refractivity contribution in [2.75, 3.05) is 0 Å². The van der Waals surface area contributed by atoms with E-state index in [1.807, 2.05) is 20.8 Å². The Balaban J connectivity index is 3.25. The Hall–Kier alpha value is -1.68. The molecule has 0 aliphatic heterocycles. The number of Topliss-reactive ketones (excluding diaryl/α,β-unsaturated/α-hetero) is 1. The van der Waals surface area contributed by atoms with E-state index in [9.17, 15) is 14.7 Å². The van der Waals surface area contributed by atoms with E-state index in [0.29, 0.717) is 17.6 Å². The first-order chi connectivity index (χ1) is 11.0. The summed E-state index contributed by atoms with van der Waals surface area (Å²) in [6.07, 6.45) is 8.41. The zero-order valence-corrected chi connectivity index (χ0v) is 15.5. The number of unbranched alkanes of at least 4 members (excludes halogenated alkanes) is 2. The zero-order chi connectivity index (χ0) is 18.5. The summed E-state index contributed by atoms with van der Waals surface area (Å²) in [6, 6.07) is 0. The molecular formula is C20H30O4. The molecule has 4 nitrogen and oxygen atoms in total. The van der Waals surface area contributed by atoms with Crippen molar-refractivity contribution in [3.8, 4) is 0 Å². The van der Waals surface area contributed by atoms with Crippen molar-refractivity contribution in [3.63, 3.8) is 0 Å². The molecule has 0 unspecified atom stereocenters. The average molecular weight is 334 g/mol. The number of hydrogen-bond donors (Lipinski definition) is 2. The van der Waals surface area contributed by atoms with Gasteiger partial charge in [-0.15, -0.1) is 0 Å². The molecule has 0 saturated carbocycles. The molecular weight excluding hydrogens is 304 g/mol. The summed E-state index contributed by atoms with van der Waals surface area (Å²) in [6.45, 7) is 9.36. The fourth-order valence-electron chi connectivity index (χ4n) is 3.31. The average Bonchev–Trinajstić information content (AvgIpc) is 2.46. The summed E-state index contributed by atoms with van der Waals surface area (Å²) in [5.41, 5.74) is 0.0800. The Morgan fingerprint density at radius 2 is 1.92 bits per heavy atom. The number of aliphatic hydroxyl groups is 1. The number of carbonyl (C=O) groups excluding carboxylic acids is 1. The summed E-state index contributed by atoms with van der Waals surface area (Å²) in [5, 5.41) is 20.1. The topological polar surface area (TPSA) is 74.6 Å². The lowest BCUT2D eigenvalue weighted by molar-refractivity contribution is -0.131. The number of carboxylic acid groups (broad SMARTS) is 1. The highest BCUT2D eigenvalue weighted by atomic mass is 16.4. The highest BCUT2D eigenvalue weighted by molar-refractivity contribution is 5.98. The van der Waals surface area contributed by atoms with Gasteiger partial charge in [-0.05, 0) is 49.5 Å². The second-order valence-electron chi connectivity index (χ2n) is 7.37. The minimum Gasteiger partial charge on any atom is -0.478 e. The highest BCUT2D eigenvalue weighted by Gasteiger charge is 2.49. The molecule has 0 heterocycles. The Morgan fingerprint density at radius 3 is 2.46 bits per heavy atom. The molecule has 134 valence electrons. The fourth-order valence-corrected chi connectivity index (χ4v) is 3.31. The molecule has 0 aromatic carbocycles. The Labute approximate surface area is 145 Å². The second kappa shape index (κ2) is 7.93. The van der Waals surface area contributed by atoms with Crippen molar-refractivity contribution in [1.29, 1.82) is 0 Å². The van der Waals surface area contributed by atoms with E-state index in [1.54, 1.807) is 19.1 Å². The van der Waals surface area contributed by atoms with E-state index < -0.39 is 17.0 Å². The fraction of sp³-hybridized carbons (Fsp3) is 0.600. The molecule has 1 aliphatic carbocycles. The molecule has 0 spiro atoms. The van der Waals surface area contributed by atoms with E-state index in [1.165, 1.54) is 0 Å². The summed E-state index contributed by atoms with van der Waals surface area (Å²) in [4.78, 5) is 23.3. The van der Waals surface area contributed by atoms with E-state index in [0.717, 1.165) is 30.9 Å². The van der Waals surface area contributed by atoms with Gasteiger partial charge >= 0.3 is 5.97 Å². The van der Waals surface area contributed by atoms with Crippen LogP contribution in [0.1, 0.15) is 66.7 Å². The van der Waals surface area contributed by atoms with Crippen LogP contribution in [0.15, 0.2) is 34.9 Å². The molecule has 0 aromatic heterocycles. The van der Waals surface area contributed by atoms with E-state index in [2.05, 4.69) is 6.92 Å². The van der Waals surface area contributed by atoms with Crippen LogP contribution < -0.4 is 0 Å². The first-order valence-corrected chi connectivity index (χ1v) is 8.61. The third-order valence-electron chi connectivity index (χ3n) is 4.96. The second-order valence-corrected chi connectivity index (χ2v) is 7.37. The summed E-state index contributed by atoms with van der Waals surface area (Å²) in [7, 11) is 0. The SMILES string of the molecule is CCCCCC1=C(C)[C@](O)(/C=C/C(C)=C\C(=O)O)C(C)(C)CC1=O. The molecule has 0 saturated heterocycles. The number of hydrogen-bond acceptors (Lipinski definition) is 3. The molecule has 0 amide bonds. The van der Waals surface area contributed by atoms with Gasteiger partial charge < -0.3 is 10.2 Å². The summed E-state index contributed by atoms with van der Waals surface area (Å²) in [5.74, 6) is -0.904. The number of rotatable bonds is 7. The Morgan fingerprint density at radius 1 is 1.29 bits per heavy atom. The van der Waals surface area contributed by atoms with Gasteiger partial charge in [0, 0.05) is 17.9 Å². The quantitative estimate of drug-likeness (QED) is 0.416. The zero-order valence-electron chi connectivity index (χ0n) is 15.5. The standard InChI is InChI=1S/C20H30O4/c1-6-7-8-9-16-15(3)20(24,19(4,5)13-17(16)21)11-10-14(2)12-18(22)23/h10-12,24H,6-9,13H2,1-5H3,(H,22,23)/b11-10+,14-12-/t20-/m1/s1. The van der Waals surface area contributed by atoms with Crippen molar-refractivity contribution < 1.29 is 19.8 Å². The molecule has 2 N–H and O–H groups in total. The lowest BCUT2D eigenvalue weighted by Crippen LogP contribution is -2.49. The highest BCUT2D eigenvalue weighted by Crippen LogP contribution is 2.47. The van der Waals surface area contributed by atoms with Crippen molar-refractivity contribution in [2.24, 2.45) is 5.41 Å². The minimum absolute atomic E-state index is 0.115. The predicted molar refractivity (Wildman–Crippen MR) is 95.7 cm³/mol. The van der Waals surface area contributed by atoms with E-state index in [4.69, 9.17) is 5.11 Å². The number of ketones is 1. The molecule has 1 atom stereocenters. The maximum atomic E-state index is 12.5. The van der Waals surface area contributed by atoms with Gasteiger partial charge in [-0.25, -0.2) is 4.79 Å². The van der Waals surface area contributed by atoms with Crippen molar-refractivity contribution in [2.45, 2.75) is 72.3 Å². The van der Waals surface area contributed by atoms with Gasteiger partial charge in [0.15, 0.2) is 5.78 Å². The van der Waals surface area contributed by atoms with Gasteiger partial charge in [0.25, 0.3) is 0 Å². The molecule has 0 aromatic rings. The third kappa shape index (κ3) is 4.44. The molecule has 1 aliphatic rings. The monoisotopic (exact) mass is 334 g/mol. The van der Waals surface area contributed by atoms with Gasteiger partial charge in [0.2, 0.25) is 0 Å². The number of carboxylic acids is 1. The van der Waals surface area contributed by atoms with Crippen molar-refractivity contribution >= 4 is 11.8 Å². The smallest absolute Gasteiger partial charge is 0.328 e. The molecule has 24 heavy (non-hydrogen) atoms. The van der Waals surface area contributed by atoms with Gasteiger partial charge in [-0.2, -0.15) is 0 Å². The number of aliphatic carboxylic acids is 1. The van der Waals surface area contributed by atoms with Crippen LogP contribution in [-0.2, 0) is 9.59 Å². The van der Waals surface area contributed by atoms with Crippen molar-refractivity contribution in [1.82, 2.24) is 0 Å². The number of allylic oxidation sites excluding steroid dienone is 3. The first kappa shape index (κ1) is 20.4. The normalized spacial score (nSPS) is 24.8. The van der Waals surface area contributed by atoms with Crippen LogP contribution in [-0.4, -0.2) is 27.6 Å². The van der Waals surface area contributed by atoms with Gasteiger partial charge in [-0.3, -0.25) is 4.79 Å². The molecule has 0 fully saturated rings. The van der Waals surface area contributed by atoms with Gasteiger partial charge in [0.05, 0.1) is 0 Å². The number of carbonyl (C=O) groups is 2. The lowest BCUT2D eigenvalue weighted by atomic mass is 9.62. The maximum Gasteiger partial charge on any atom is 0.328 e. The van der Waals surface area contributed by atoms with Crippen LogP contribution in [0.2, 0.25) is 0 Å². The van der Waals surface area contributed by atoms with Crippen LogP contribution in [0.3, 0.4) is 0 Å². The van der Waals surface area contributed by atoms with Crippen LogP contribution >= 0.6 is 0 Å². The lowest BCUT2D eigenvalue weighted by Gasteiger charge is -2.46. The summed E-state index contributed by atoms with van der Waals surface area (Å²) < 4.78 is 0. The van der Waals surface area contributed by atoms with Crippen LogP contribution in [0.25, 0.3) is 0 Å². The molecule has 0 radical (unpaired) electrons. The third-order valence-corrected chi connectivity index (χ3v) is 4.96. The maximum absolute atomic E-state index is 12.5. The van der Waals surface area contributed by atoms with E-state index in [-0.39, 0.29) is 12.2 Å². The van der Waals surface area contributed by atoms with Crippen LogP contribution in [0.4, 0.5) is 0 Å². The Kier molecular flexibility index (Phi) is 6.73. The van der Waals surface area contributed by atoms with Gasteiger partial charge in [0.1, 0.15) is 5.60 Å². The minimum atomic E-state index is -1.25. The molecule has 1 rings (SSSR count). The Bertz CT molecular complexity index is 593. The first-order valence-electron chi connectivity index (χ1n) is 8.61. The van der Waals surface area contributed by atoms with Crippen LogP contribution in [0, 0.1) is 5.41 Å².